The molecule has 2 aliphatic rings. The molecule has 4 rings (SSSR count). The largest absolute Gasteiger partial charge is 0.299 e. The van der Waals surface area contributed by atoms with Crippen LogP contribution in [0, 0.1) is 5.82 Å². The molecule has 1 fully saturated rings. The van der Waals surface area contributed by atoms with E-state index in [1.807, 2.05) is 23.2 Å². The van der Waals surface area contributed by atoms with E-state index >= 15 is 0 Å². The molecule has 0 N–H and O–H groups in total. The molecule has 23 heavy (non-hydrogen) atoms. The maximum Gasteiger partial charge on any atom is 0.138 e. The Hall–Kier alpha value is -1.94. The molecule has 1 heterocycles. The molecule has 1 unspecified atom stereocenters. The lowest BCUT2D eigenvalue weighted by Crippen LogP contribution is -2.12. The number of hydrogen-bond donors (Lipinski definition) is 0. The predicted molar refractivity (Wildman–Crippen MR) is 86.9 cm³/mol. The van der Waals surface area contributed by atoms with Crippen LogP contribution in [0.2, 0.25) is 5.02 Å². The van der Waals surface area contributed by atoms with E-state index in [0.717, 1.165) is 11.1 Å². The van der Waals surface area contributed by atoms with Gasteiger partial charge in [-0.3, -0.25) is 9.48 Å². The first-order chi connectivity index (χ1) is 11.1. The highest BCUT2D eigenvalue weighted by atomic mass is 35.5. The van der Waals surface area contributed by atoms with Crippen LogP contribution in [0.1, 0.15) is 48.8 Å². The predicted octanol–water partition coefficient (Wildman–Crippen LogP) is 4.54. The molecule has 0 radical (unpaired) electrons. The van der Waals surface area contributed by atoms with E-state index in [9.17, 15) is 9.18 Å². The molecular formula is C18H16ClFN2O. The normalized spacial score (nSPS) is 21.4. The van der Waals surface area contributed by atoms with E-state index in [1.54, 1.807) is 6.07 Å². The molecule has 2 aromatic rings. The van der Waals surface area contributed by atoms with Gasteiger partial charge in [0.05, 0.1) is 12.2 Å². The molecule has 0 saturated heterocycles. The summed E-state index contributed by atoms with van der Waals surface area (Å²) in [6.45, 7) is 0. The molecule has 0 bridgehead atoms. The first-order valence-corrected chi connectivity index (χ1v) is 8.20. The number of carbonyl (C=O) groups is 1. The Balaban J connectivity index is 1.69. The zero-order chi connectivity index (χ0) is 16.0. The SMILES string of the molecule is O=C1CC(c2cnn(C3CC3)c2)=CC(c2cc(F)ccc2Cl)C1. The third kappa shape index (κ3) is 2.95. The van der Waals surface area contributed by atoms with Gasteiger partial charge in [0.15, 0.2) is 0 Å². The lowest BCUT2D eigenvalue weighted by atomic mass is 9.83. The smallest absolute Gasteiger partial charge is 0.138 e. The summed E-state index contributed by atoms with van der Waals surface area (Å²) in [4.78, 5) is 12.2. The van der Waals surface area contributed by atoms with Gasteiger partial charge in [0.25, 0.3) is 0 Å². The van der Waals surface area contributed by atoms with Gasteiger partial charge in [-0.05, 0) is 42.2 Å². The van der Waals surface area contributed by atoms with Gasteiger partial charge >= 0.3 is 0 Å². The highest BCUT2D eigenvalue weighted by Crippen LogP contribution is 2.38. The van der Waals surface area contributed by atoms with Crippen molar-refractivity contribution < 1.29 is 9.18 Å². The number of rotatable bonds is 3. The summed E-state index contributed by atoms with van der Waals surface area (Å²) < 4.78 is 15.5. The van der Waals surface area contributed by atoms with Gasteiger partial charge < -0.3 is 0 Å². The topological polar surface area (TPSA) is 34.9 Å². The second-order valence-electron chi connectivity index (χ2n) is 6.32. The highest BCUT2D eigenvalue weighted by molar-refractivity contribution is 6.31. The molecule has 1 aromatic heterocycles. The Morgan fingerprint density at radius 2 is 2.13 bits per heavy atom. The summed E-state index contributed by atoms with van der Waals surface area (Å²) >= 11 is 6.20. The number of benzene rings is 1. The number of aromatic nitrogens is 2. The minimum Gasteiger partial charge on any atom is -0.299 e. The Bertz CT molecular complexity index is 807. The van der Waals surface area contributed by atoms with Crippen molar-refractivity contribution in [2.24, 2.45) is 0 Å². The van der Waals surface area contributed by atoms with Crippen molar-refractivity contribution in [1.82, 2.24) is 9.78 Å². The van der Waals surface area contributed by atoms with Crippen LogP contribution in [0.4, 0.5) is 4.39 Å². The van der Waals surface area contributed by atoms with E-state index in [-0.39, 0.29) is 17.5 Å². The molecular weight excluding hydrogens is 315 g/mol. The number of ketones is 1. The average Bonchev–Trinajstić information content (AvgIpc) is 3.26. The molecule has 2 aliphatic carbocycles. The maximum atomic E-state index is 13.5. The number of nitrogens with zero attached hydrogens (tertiary/aromatic N) is 2. The zero-order valence-corrected chi connectivity index (χ0v) is 13.3. The van der Waals surface area contributed by atoms with Gasteiger partial charge in [-0.1, -0.05) is 17.7 Å². The van der Waals surface area contributed by atoms with Crippen molar-refractivity contribution in [2.45, 2.75) is 37.6 Å². The van der Waals surface area contributed by atoms with Crippen LogP contribution >= 0.6 is 11.6 Å². The fourth-order valence-corrected chi connectivity index (χ4v) is 3.39. The van der Waals surface area contributed by atoms with Gasteiger partial charge in [-0.25, -0.2) is 4.39 Å². The van der Waals surface area contributed by atoms with Crippen LogP contribution in [0.15, 0.2) is 36.7 Å². The third-order valence-electron chi connectivity index (χ3n) is 4.49. The van der Waals surface area contributed by atoms with Crippen LogP contribution in [-0.4, -0.2) is 15.6 Å². The Morgan fingerprint density at radius 1 is 1.30 bits per heavy atom. The molecule has 1 aromatic carbocycles. The van der Waals surface area contributed by atoms with Crippen molar-refractivity contribution in [1.29, 1.82) is 0 Å². The van der Waals surface area contributed by atoms with E-state index in [4.69, 9.17) is 11.6 Å². The first kappa shape index (κ1) is 14.6. The number of hydrogen-bond acceptors (Lipinski definition) is 2. The van der Waals surface area contributed by atoms with Crippen LogP contribution < -0.4 is 0 Å². The minimum absolute atomic E-state index is 0.145. The van der Waals surface area contributed by atoms with E-state index in [2.05, 4.69) is 5.10 Å². The van der Waals surface area contributed by atoms with E-state index < -0.39 is 0 Å². The summed E-state index contributed by atoms with van der Waals surface area (Å²) in [7, 11) is 0. The lowest BCUT2D eigenvalue weighted by Gasteiger charge is -2.21. The van der Waals surface area contributed by atoms with Gasteiger partial charge in [0.1, 0.15) is 11.6 Å². The molecule has 0 spiro atoms. The molecule has 5 heteroatoms. The quantitative estimate of drug-likeness (QED) is 0.828. The fraction of sp³-hybridized carbons (Fsp3) is 0.333. The van der Waals surface area contributed by atoms with E-state index in [0.29, 0.717) is 29.5 Å². The van der Waals surface area contributed by atoms with Crippen LogP contribution in [-0.2, 0) is 4.79 Å². The number of Topliss-reactive ketones (excluding diaryl/α,β-unsaturated/α-hetero) is 1. The second kappa shape index (κ2) is 5.60. The minimum atomic E-state index is -0.334. The standard InChI is InChI=1S/C18H16ClFN2O/c19-18-4-1-14(20)8-17(18)12-5-11(6-16(23)7-12)13-9-21-22(10-13)15-2-3-15/h1,4-5,8-10,12,15H,2-3,6-7H2. The Kier molecular flexibility index (Phi) is 3.57. The summed E-state index contributed by atoms with van der Waals surface area (Å²) in [5.74, 6) is -0.371. The van der Waals surface area contributed by atoms with Crippen molar-refractivity contribution in [2.75, 3.05) is 0 Å². The number of allylic oxidation sites excluding steroid dienone is 2. The van der Waals surface area contributed by atoms with Gasteiger partial charge in [0, 0.05) is 35.5 Å². The summed E-state index contributed by atoms with van der Waals surface area (Å²) in [5, 5.41) is 4.88. The summed E-state index contributed by atoms with van der Waals surface area (Å²) in [6, 6.07) is 4.81. The van der Waals surface area contributed by atoms with Gasteiger partial charge in [0.2, 0.25) is 0 Å². The van der Waals surface area contributed by atoms with Crippen molar-refractivity contribution >= 4 is 23.0 Å². The summed E-state index contributed by atoms with van der Waals surface area (Å²) in [6.07, 6.45) is 8.96. The molecule has 1 atom stereocenters. The third-order valence-corrected chi connectivity index (χ3v) is 4.83. The molecule has 3 nitrogen and oxygen atoms in total. The van der Waals surface area contributed by atoms with Crippen molar-refractivity contribution in [3.8, 4) is 0 Å². The Labute approximate surface area is 138 Å². The zero-order valence-electron chi connectivity index (χ0n) is 12.5. The van der Waals surface area contributed by atoms with Crippen LogP contribution in [0.5, 0.6) is 0 Å². The Morgan fingerprint density at radius 3 is 2.91 bits per heavy atom. The van der Waals surface area contributed by atoms with Gasteiger partial charge in [-0.2, -0.15) is 5.10 Å². The van der Waals surface area contributed by atoms with Crippen molar-refractivity contribution in [3.05, 3.63) is 58.6 Å². The van der Waals surface area contributed by atoms with Gasteiger partial charge in [-0.15, -0.1) is 0 Å². The summed E-state index contributed by atoms with van der Waals surface area (Å²) in [5.41, 5.74) is 2.60. The van der Waals surface area contributed by atoms with Crippen LogP contribution in [0.3, 0.4) is 0 Å². The molecule has 0 aliphatic heterocycles. The fourth-order valence-electron chi connectivity index (χ4n) is 3.13. The molecule has 0 amide bonds. The van der Waals surface area contributed by atoms with Crippen molar-refractivity contribution in [3.63, 3.8) is 0 Å². The lowest BCUT2D eigenvalue weighted by molar-refractivity contribution is -0.118. The molecule has 1 saturated carbocycles. The first-order valence-electron chi connectivity index (χ1n) is 7.82. The second-order valence-corrected chi connectivity index (χ2v) is 6.73. The number of carbonyl (C=O) groups excluding carboxylic acids is 1. The average molecular weight is 331 g/mol. The number of halogens is 2. The monoisotopic (exact) mass is 330 g/mol. The highest BCUT2D eigenvalue weighted by Gasteiger charge is 2.27. The van der Waals surface area contributed by atoms with E-state index in [1.165, 1.54) is 25.0 Å². The van der Waals surface area contributed by atoms with Crippen LogP contribution in [0.25, 0.3) is 5.57 Å². The maximum absolute atomic E-state index is 13.5. The molecule has 118 valence electrons.